The van der Waals surface area contributed by atoms with Crippen molar-refractivity contribution in [3.05, 3.63) is 70.4 Å². The lowest BCUT2D eigenvalue weighted by molar-refractivity contribution is 0.0600. The van der Waals surface area contributed by atoms with Crippen molar-refractivity contribution >= 4 is 38.9 Å². The highest BCUT2D eigenvalue weighted by Crippen LogP contribution is 2.33. The number of ether oxygens (including phenoxy) is 1. The summed E-state index contributed by atoms with van der Waals surface area (Å²) in [6.07, 6.45) is 0. The number of carbonyl (C=O) groups is 1. The molecule has 6 nitrogen and oxygen atoms in total. The highest BCUT2D eigenvalue weighted by molar-refractivity contribution is 7.19. The molecule has 136 valence electrons. The number of carbonyl (C=O) groups excluding carboxylic acids is 1. The van der Waals surface area contributed by atoms with E-state index in [0.717, 1.165) is 15.8 Å². The number of para-hydroxylation sites is 1. The maximum Gasteiger partial charge on any atom is 0.337 e. The van der Waals surface area contributed by atoms with Gasteiger partial charge in [0.05, 0.1) is 35.0 Å². The Labute approximate surface area is 159 Å². The van der Waals surface area contributed by atoms with Crippen LogP contribution in [0.1, 0.15) is 20.9 Å². The second-order valence-electron chi connectivity index (χ2n) is 6.20. The van der Waals surface area contributed by atoms with Gasteiger partial charge in [0, 0.05) is 6.54 Å². The normalized spacial score (nSPS) is 14.3. The molecule has 2 heterocycles. The fraction of sp³-hybridized carbons (Fsp3) is 0.150. The highest BCUT2D eigenvalue weighted by Gasteiger charge is 2.30. The zero-order chi connectivity index (χ0) is 19.0. The van der Waals surface area contributed by atoms with Gasteiger partial charge in [-0.15, -0.1) is 11.3 Å². The van der Waals surface area contributed by atoms with E-state index in [1.807, 2.05) is 36.4 Å². The van der Waals surface area contributed by atoms with Crippen LogP contribution in [-0.4, -0.2) is 40.4 Å². The first-order valence-electron chi connectivity index (χ1n) is 8.36. The molecule has 1 aliphatic rings. The summed E-state index contributed by atoms with van der Waals surface area (Å²) in [5.41, 5.74) is 2.77. The molecule has 1 aromatic heterocycles. The molecule has 0 radical (unpaired) electrons. The number of thiazole rings is 1. The second-order valence-corrected chi connectivity index (χ2v) is 7.23. The Kier molecular flexibility index (Phi) is 4.37. The van der Waals surface area contributed by atoms with Crippen LogP contribution in [0.3, 0.4) is 0 Å². The third kappa shape index (κ3) is 3.17. The molecular formula is C20H17N3O3S. The van der Waals surface area contributed by atoms with Gasteiger partial charge >= 0.3 is 5.97 Å². The van der Waals surface area contributed by atoms with Crippen LogP contribution in [0, 0.1) is 5.41 Å². The average molecular weight is 379 g/mol. The van der Waals surface area contributed by atoms with Crippen molar-refractivity contribution in [3.8, 4) is 0 Å². The molecule has 0 saturated heterocycles. The van der Waals surface area contributed by atoms with E-state index in [1.54, 1.807) is 17.0 Å². The molecule has 0 bridgehead atoms. The van der Waals surface area contributed by atoms with Crippen LogP contribution < -0.4 is 0 Å². The molecule has 2 N–H and O–H groups in total. The number of fused-ring (bicyclic) bond motifs is 1. The van der Waals surface area contributed by atoms with Crippen molar-refractivity contribution in [1.29, 1.82) is 5.41 Å². The number of benzene rings is 2. The van der Waals surface area contributed by atoms with Crippen molar-refractivity contribution in [2.75, 3.05) is 13.7 Å². The van der Waals surface area contributed by atoms with Crippen LogP contribution in [-0.2, 0) is 11.3 Å². The summed E-state index contributed by atoms with van der Waals surface area (Å²) in [5.74, 6) is 0.0294. The Bertz CT molecular complexity index is 1040. The zero-order valence-electron chi connectivity index (χ0n) is 14.6. The van der Waals surface area contributed by atoms with Crippen LogP contribution >= 0.6 is 11.3 Å². The van der Waals surface area contributed by atoms with E-state index in [-0.39, 0.29) is 24.1 Å². The van der Waals surface area contributed by atoms with Gasteiger partial charge in [0.15, 0.2) is 0 Å². The minimum absolute atomic E-state index is 0.158. The Morgan fingerprint density at radius 2 is 2.00 bits per heavy atom. The Morgan fingerprint density at radius 1 is 1.26 bits per heavy atom. The van der Waals surface area contributed by atoms with Gasteiger partial charge in [-0.05, 0) is 29.8 Å². The number of rotatable bonds is 4. The maximum atomic E-state index is 11.5. The SMILES string of the molecule is COC(=O)c1ccc(CN2CC(O)=C(c3nc4ccccc4s3)C2=N)cc1. The van der Waals surface area contributed by atoms with Crippen molar-refractivity contribution in [1.82, 2.24) is 9.88 Å². The van der Waals surface area contributed by atoms with Gasteiger partial charge in [-0.25, -0.2) is 9.78 Å². The number of aromatic nitrogens is 1. The first-order valence-corrected chi connectivity index (χ1v) is 9.17. The fourth-order valence-electron chi connectivity index (χ4n) is 3.06. The summed E-state index contributed by atoms with van der Waals surface area (Å²) in [5, 5.41) is 19.6. The Hall–Kier alpha value is -3.19. The number of hydrogen-bond acceptors (Lipinski definition) is 6. The molecule has 0 amide bonds. The molecule has 0 unspecified atom stereocenters. The van der Waals surface area contributed by atoms with Gasteiger partial charge in [-0.1, -0.05) is 24.3 Å². The third-order valence-corrected chi connectivity index (χ3v) is 5.49. The molecular weight excluding hydrogens is 362 g/mol. The molecule has 4 rings (SSSR count). The van der Waals surface area contributed by atoms with Crippen LogP contribution in [0.4, 0.5) is 0 Å². The lowest BCUT2D eigenvalue weighted by atomic mass is 10.1. The number of amidine groups is 1. The summed E-state index contributed by atoms with van der Waals surface area (Å²) in [4.78, 5) is 17.9. The number of aliphatic hydroxyl groups excluding tert-OH is 1. The number of esters is 1. The van der Waals surface area contributed by atoms with E-state index in [2.05, 4.69) is 4.98 Å². The largest absolute Gasteiger partial charge is 0.510 e. The monoisotopic (exact) mass is 379 g/mol. The number of aliphatic hydroxyl groups is 1. The first kappa shape index (κ1) is 17.2. The van der Waals surface area contributed by atoms with Crippen LogP contribution in [0.15, 0.2) is 54.3 Å². The van der Waals surface area contributed by atoms with Gasteiger partial charge in [-0.2, -0.15) is 0 Å². The molecule has 0 spiro atoms. The predicted octanol–water partition coefficient (Wildman–Crippen LogP) is 3.85. The molecule has 1 aliphatic heterocycles. The van der Waals surface area contributed by atoms with E-state index in [4.69, 9.17) is 10.1 Å². The van der Waals surface area contributed by atoms with Gasteiger partial charge in [0.25, 0.3) is 0 Å². The van der Waals surface area contributed by atoms with Gasteiger partial charge in [0.1, 0.15) is 16.6 Å². The first-order chi connectivity index (χ1) is 13.1. The van der Waals surface area contributed by atoms with Crippen molar-refractivity contribution in [2.45, 2.75) is 6.54 Å². The summed E-state index contributed by atoms with van der Waals surface area (Å²) >= 11 is 1.47. The van der Waals surface area contributed by atoms with E-state index in [9.17, 15) is 9.90 Å². The van der Waals surface area contributed by atoms with Gasteiger partial charge in [0.2, 0.25) is 0 Å². The summed E-state index contributed by atoms with van der Waals surface area (Å²) in [7, 11) is 1.35. The standard InChI is InChI=1S/C20H17N3O3S/c1-26-20(25)13-8-6-12(7-9-13)10-23-11-15(24)17(18(23)21)19-22-14-4-2-3-5-16(14)27-19/h2-9,21,24H,10-11H2,1H3. The molecule has 27 heavy (non-hydrogen) atoms. The van der Waals surface area contributed by atoms with E-state index >= 15 is 0 Å². The van der Waals surface area contributed by atoms with Crippen LogP contribution in [0.2, 0.25) is 0 Å². The van der Waals surface area contributed by atoms with Gasteiger partial charge in [-0.3, -0.25) is 5.41 Å². The Morgan fingerprint density at radius 3 is 2.70 bits per heavy atom. The minimum Gasteiger partial charge on any atom is -0.510 e. The van der Waals surface area contributed by atoms with Crippen molar-refractivity contribution < 1.29 is 14.6 Å². The fourth-order valence-corrected chi connectivity index (χ4v) is 4.09. The molecule has 0 aliphatic carbocycles. The van der Waals surface area contributed by atoms with E-state index < -0.39 is 0 Å². The topological polar surface area (TPSA) is 86.5 Å². The molecule has 3 aromatic rings. The second kappa shape index (κ2) is 6.85. The van der Waals surface area contributed by atoms with Crippen LogP contribution in [0.25, 0.3) is 15.8 Å². The van der Waals surface area contributed by atoms with E-state index in [1.165, 1.54) is 18.4 Å². The summed E-state index contributed by atoms with van der Waals surface area (Å²) in [6, 6.07) is 14.8. The summed E-state index contributed by atoms with van der Waals surface area (Å²) in [6.45, 7) is 0.724. The smallest absolute Gasteiger partial charge is 0.337 e. The quantitative estimate of drug-likeness (QED) is 0.673. The predicted molar refractivity (Wildman–Crippen MR) is 105 cm³/mol. The minimum atomic E-state index is -0.382. The summed E-state index contributed by atoms with van der Waals surface area (Å²) < 4.78 is 5.73. The van der Waals surface area contributed by atoms with Crippen LogP contribution in [0.5, 0.6) is 0 Å². The van der Waals surface area contributed by atoms with Crippen molar-refractivity contribution in [3.63, 3.8) is 0 Å². The Balaban J connectivity index is 1.54. The van der Waals surface area contributed by atoms with Gasteiger partial charge < -0.3 is 14.7 Å². The molecule has 0 saturated carbocycles. The lowest BCUT2D eigenvalue weighted by Crippen LogP contribution is -2.26. The zero-order valence-corrected chi connectivity index (χ0v) is 15.4. The molecule has 0 fully saturated rings. The number of nitrogens with zero attached hydrogens (tertiary/aromatic N) is 2. The highest BCUT2D eigenvalue weighted by atomic mass is 32.1. The lowest BCUT2D eigenvalue weighted by Gasteiger charge is -2.18. The number of nitrogens with one attached hydrogen (secondary N) is 1. The molecule has 2 aromatic carbocycles. The van der Waals surface area contributed by atoms with Crippen molar-refractivity contribution in [2.24, 2.45) is 0 Å². The average Bonchev–Trinajstić information content (AvgIpc) is 3.22. The number of hydrogen-bond donors (Lipinski definition) is 2. The molecule has 7 heteroatoms. The number of methoxy groups -OCH3 is 1. The van der Waals surface area contributed by atoms with E-state index in [0.29, 0.717) is 22.7 Å². The maximum absolute atomic E-state index is 11.5. The molecule has 0 atom stereocenters. The third-order valence-electron chi connectivity index (χ3n) is 4.44.